The van der Waals surface area contributed by atoms with Gasteiger partial charge in [-0.2, -0.15) is 5.26 Å². The fourth-order valence-electron chi connectivity index (χ4n) is 2.12. The molecule has 0 aliphatic heterocycles. The number of aryl methyl sites for hydroxylation is 2. The number of hydrogen-bond acceptors (Lipinski definition) is 3. The van der Waals surface area contributed by atoms with Crippen LogP contribution in [0.15, 0.2) is 48.2 Å². The molecule has 0 heterocycles. The molecule has 0 spiro atoms. The number of rotatable bonds is 4. The molecule has 0 aromatic heterocycles. The van der Waals surface area contributed by atoms with E-state index >= 15 is 0 Å². The van der Waals surface area contributed by atoms with Crippen molar-refractivity contribution >= 4 is 40.5 Å². The molecule has 2 aromatic rings. The molecule has 0 atom stereocenters. The van der Waals surface area contributed by atoms with Crippen molar-refractivity contribution in [1.29, 1.82) is 5.26 Å². The van der Waals surface area contributed by atoms with Gasteiger partial charge in [0.2, 0.25) is 0 Å². The zero-order valence-corrected chi connectivity index (χ0v) is 14.7. The summed E-state index contributed by atoms with van der Waals surface area (Å²) in [6, 6.07) is 12.4. The number of nitrogens with zero attached hydrogens (tertiary/aromatic N) is 1. The van der Waals surface area contributed by atoms with Crippen molar-refractivity contribution in [2.45, 2.75) is 13.8 Å². The zero-order chi connectivity index (χ0) is 17.7. The standard InChI is InChI=1S/C18H15Cl2N3O/c1-11-4-3-5-12(2)17(11)22-10-13(9-21)18(24)23-16-7-6-14(19)8-15(16)20/h3-8,10,22H,1-2H3,(H,23,24)/b13-10-. The van der Waals surface area contributed by atoms with Crippen LogP contribution in [-0.2, 0) is 4.79 Å². The molecule has 4 nitrogen and oxygen atoms in total. The summed E-state index contributed by atoms with van der Waals surface area (Å²) in [5.74, 6) is -0.555. The SMILES string of the molecule is Cc1cccc(C)c1N/C=C(/C#N)C(=O)Nc1ccc(Cl)cc1Cl. The summed E-state index contributed by atoms with van der Waals surface area (Å²) in [4.78, 5) is 12.2. The highest BCUT2D eigenvalue weighted by molar-refractivity contribution is 6.36. The first kappa shape index (κ1) is 17.9. The lowest BCUT2D eigenvalue weighted by atomic mass is 10.1. The smallest absolute Gasteiger partial charge is 0.267 e. The number of benzene rings is 2. The minimum atomic E-state index is -0.555. The van der Waals surface area contributed by atoms with Crippen molar-refractivity contribution in [3.05, 3.63) is 69.3 Å². The van der Waals surface area contributed by atoms with Crippen molar-refractivity contribution in [2.75, 3.05) is 10.6 Å². The predicted octanol–water partition coefficient (Wildman–Crippen LogP) is 5.07. The molecule has 0 fully saturated rings. The van der Waals surface area contributed by atoms with E-state index < -0.39 is 5.91 Å². The Morgan fingerprint density at radius 1 is 1.17 bits per heavy atom. The van der Waals surface area contributed by atoms with E-state index in [0.29, 0.717) is 15.7 Å². The Morgan fingerprint density at radius 3 is 2.42 bits per heavy atom. The van der Waals surface area contributed by atoms with Crippen LogP contribution < -0.4 is 10.6 Å². The van der Waals surface area contributed by atoms with Gasteiger partial charge in [-0.1, -0.05) is 41.4 Å². The second-order valence-electron chi connectivity index (χ2n) is 5.16. The molecule has 2 rings (SSSR count). The van der Waals surface area contributed by atoms with Crippen molar-refractivity contribution < 1.29 is 4.79 Å². The molecule has 0 aliphatic rings. The van der Waals surface area contributed by atoms with Crippen molar-refractivity contribution in [2.24, 2.45) is 0 Å². The van der Waals surface area contributed by atoms with E-state index in [2.05, 4.69) is 10.6 Å². The molecule has 24 heavy (non-hydrogen) atoms. The summed E-state index contributed by atoms with van der Waals surface area (Å²) in [6.07, 6.45) is 1.38. The fourth-order valence-corrected chi connectivity index (χ4v) is 2.57. The van der Waals surface area contributed by atoms with Crippen LogP contribution in [0.1, 0.15) is 11.1 Å². The minimum Gasteiger partial charge on any atom is -0.360 e. The highest BCUT2D eigenvalue weighted by atomic mass is 35.5. The van der Waals surface area contributed by atoms with E-state index in [-0.39, 0.29) is 5.57 Å². The fraction of sp³-hybridized carbons (Fsp3) is 0.111. The van der Waals surface area contributed by atoms with E-state index in [0.717, 1.165) is 16.8 Å². The number of halogens is 2. The number of nitrogens with one attached hydrogen (secondary N) is 2. The van der Waals surface area contributed by atoms with Crippen LogP contribution in [0.3, 0.4) is 0 Å². The van der Waals surface area contributed by atoms with Crippen LogP contribution in [-0.4, -0.2) is 5.91 Å². The van der Waals surface area contributed by atoms with E-state index in [9.17, 15) is 10.1 Å². The number of para-hydroxylation sites is 1. The normalized spacial score (nSPS) is 10.9. The monoisotopic (exact) mass is 359 g/mol. The van der Waals surface area contributed by atoms with E-state index in [1.54, 1.807) is 12.1 Å². The molecule has 0 saturated carbocycles. The second kappa shape index (κ2) is 7.87. The van der Waals surface area contributed by atoms with Gasteiger partial charge in [0.05, 0.1) is 10.7 Å². The number of carbonyl (C=O) groups is 1. The van der Waals surface area contributed by atoms with Crippen LogP contribution in [0.5, 0.6) is 0 Å². The number of anilines is 2. The number of amides is 1. The van der Waals surface area contributed by atoms with Gasteiger partial charge in [0, 0.05) is 16.9 Å². The first-order chi connectivity index (χ1) is 11.4. The molecule has 2 aromatic carbocycles. The molecular weight excluding hydrogens is 345 g/mol. The summed E-state index contributed by atoms with van der Waals surface area (Å²) < 4.78 is 0. The maximum atomic E-state index is 12.2. The first-order valence-electron chi connectivity index (χ1n) is 7.12. The largest absolute Gasteiger partial charge is 0.360 e. The maximum absolute atomic E-state index is 12.2. The lowest BCUT2D eigenvalue weighted by Crippen LogP contribution is -2.15. The Balaban J connectivity index is 2.18. The van der Waals surface area contributed by atoms with Gasteiger partial charge in [-0.15, -0.1) is 0 Å². The molecule has 0 unspecified atom stereocenters. The molecule has 2 N–H and O–H groups in total. The summed E-state index contributed by atoms with van der Waals surface area (Å²) in [5, 5.41) is 15.6. The molecule has 122 valence electrons. The quantitative estimate of drug-likeness (QED) is 0.591. The third kappa shape index (κ3) is 4.29. The van der Waals surface area contributed by atoms with Crippen LogP contribution in [0.2, 0.25) is 10.0 Å². The second-order valence-corrected chi connectivity index (χ2v) is 6.00. The van der Waals surface area contributed by atoms with Crippen molar-refractivity contribution in [1.82, 2.24) is 0 Å². The lowest BCUT2D eigenvalue weighted by molar-refractivity contribution is -0.112. The van der Waals surface area contributed by atoms with E-state index in [4.69, 9.17) is 23.2 Å². The minimum absolute atomic E-state index is 0.0660. The maximum Gasteiger partial charge on any atom is 0.267 e. The third-order valence-corrected chi connectivity index (χ3v) is 3.93. The van der Waals surface area contributed by atoms with Crippen LogP contribution in [0.4, 0.5) is 11.4 Å². The number of hydrogen-bond donors (Lipinski definition) is 2. The molecule has 0 saturated heterocycles. The summed E-state index contributed by atoms with van der Waals surface area (Å²) in [5.41, 5.74) is 3.22. The third-order valence-electron chi connectivity index (χ3n) is 3.39. The zero-order valence-electron chi connectivity index (χ0n) is 13.2. The Hall–Kier alpha value is -2.48. The number of nitriles is 1. The molecule has 0 radical (unpaired) electrons. The van der Waals surface area contributed by atoms with Gasteiger partial charge in [0.25, 0.3) is 5.91 Å². The summed E-state index contributed by atoms with van der Waals surface area (Å²) in [6.45, 7) is 3.89. The van der Waals surface area contributed by atoms with Gasteiger partial charge in [-0.05, 0) is 43.2 Å². The molecule has 0 bridgehead atoms. The predicted molar refractivity (Wildman–Crippen MR) is 98.3 cm³/mol. The Morgan fingerprint density at radius 2 is 1.83 bits per heavy atom. The van der Waals surface area contributed by atoms with Gasteiger partial charge in [-0.3, -0.25) is 4.79 Å². The Labute approximate surface area is 150 Å². The molecule has 0 aliphatic carbocycles. The molecular formula is C18H15Cl2N3O. The average Bonchev–Trinajstić information content (AvgIpc) is 2.53. The van der Waals surface area contributed by atoms with Crippen molar-refractivity contribution in [3.8, 4) is 6.07 Å². The van der Waals surface area contributed by atoms with Gasteiger partial charge in [0.15, 0.2) is 0 Å². The van der Waals surface area contributed by atoms with E-state index in [1.807, 2.05) is 38.1 Å². The van der Waals surface area contributed by atoms with E-state index in [1.165, 1.54) is 12.3 Å². The molecule has 6 heteroatoms. The first-order valence-corrected chi connectivity index (χ1v) is 7.87. The van der Waals surface area contributed by atoms with Gasteiger partial charge in [-0.25, -0.2) is 0 Å². The Bertz CT molecular complexity index is 834. The Kier molecular flexibility index (Phi) is 5.86. The van der Waals surface area contributed by atoms with Crippen molar-refractivity contribution in [3.63, 3.8) is 0 Å². The van der Waals surface area contributed by atoms with Gasteiger partial charge >= 0.3 is 0 Å². The average molecular weight is 360 g/mol. The highest BCUT2D eigenvalue weighted by Gasteiger charge is 2.12. The van der Waals surface area contributed by atoms with Gasteiger partial charge in [0.1, 0.15) is 11.6 Å². The summed E-state index contributed by atoms with van der Waals surface area (Å²) >= 11 is 11.8. The highest BCUT2D eigenvalue weighted by Crippen LogP contribution is 2.26. The van der Waals surface area contributed by atoms with Crippen LogP contribution >= 0.6 is 23.2 Å². The molecule has 1 amide bonds. The topological polar surface area (TPSA) is 64.9 Å². The van der Waals surface area contributed by atoms with Crippen LogP contribution in [0, 0.1) is 25.2 Å². The summed E-state index contributed by atoms with van der Waals surface area (Å²) in [7, 11) is 0. The lowest BCUT2D eigenvalue weighted by Gasteiger charge is -2.10. The van der Waals surface area contributed by atoms with Gasteiger partial charge < -0.3 is 10.6 Å². The van der Waals surface area contributed by atoms with Crippen LogP contribution in [0.25, 0.3) is 0 Å². The number of carbonyl (C=O) groups excluding carboxylic acids is 1.